The van der Waals surface area contributed by atoms with Crippen molar-refractivity contribution in [1.29, 1.82) is 0 Å². The van der Waals surface area contributed by atoms with Crippen molar-refractivity contribution < 1.29 is 224 Å². The van der Waals surface area contributed by atoms with Gasteiger partial charge >= 0.3 is 0 Å². The van der Waals surface area contributed by atoms with Gasteiger partial charge in [-0.25, -0.2) is 0 Å². The second-order valence-electron chi connectivity index (χ2n) is 16.7. The van der Waals surface area contributed by atoms with E-state index in [1.165, 1.54) is 13.8 Å². The quantitative estimate of drug-likeness (QED) is 0.0169. The van der Waals surface area contributed by atoms with Gasteiger partial charge in [0.25, 0.3) is 78.2 Å². The fourth-order valence-electron chi connectivity index (χ4n) is 4.70. The predicted molar refractivity (Wildman–Crippen MR) is 314 cm³/mol. The minimum absolute atomic E-state index is 0.0135. The van der Waals surface area contributed by atoms with Gasteiger partial charge < -0.3 is 178 Å². The molecule has 0 rings (SSSR count). The highest BCUT2D eigenvalue weighted by Crippen LogP contribution is 2.46. The lowest BCUT2D eigenvalue weighted by Crippen LogP contribution is -2.26. The Morgan fingerprint density at radius 1 is 0.320 bits per heavy atom. The predicted octanol–water partition coefficient (Wildman–Crippen LogP) is -6.32. The fraction of sp³-hybridized carbons (Fsp3) is 1.00. The van der Waals surface area contributed by atoms with Crippen molar-refractivity contribution in [2.75, 3.05) is 208 Å². The molecule has 0 heterocycles. The maximum Gasteiger partial charge on any atom is 0.268 e. The lowest BCUT2D eigenvalue weighted by Gasteiger charge is -2.30. The van der Waals surface area contributed by atoms with Crippen LogP contribution in [0.25, 0.3) is 0 Å². The van der Waals surface area contributed by atoms with Crippen LogP contribution < -0.4 is 75.1 Å². The summed E-state index contributed by atoms with van der Waals surface area (Å²) >= 11 is 0. The van der Waals surface area contributed by atoms with E-state index < -0.39 is 204 Å². The molecule has 63 heteroatoms. The summed E-state index contributed by atoms with van der Waals surface area (Å²) in [6.45, 7) is -7.84. The van der Waals surface area contributed by atoms with Gasteiger partial charge in [0, 0.05) is 20.9 Å². The number of aliphatic hydroxyl groups is 1. The van der Waals surface area contributed by atoms with Gasteiger partial charge in [-0.2, -0.15) is 0 Å². The number of nitrogens with one attached hydrogen (secondary N) is 4. The van der Waals surface area contributed by atoms with Gasteiger partial charge in [-0.05, 0) is 54.9 Å². The summed E-state index contributed by atoms with van der Waals surface area (Å²) in [4.78, 5) is 140. The molecule has 0 saturated heterocycles. The van der Waals surface area contributed by atoms with E-state index in [0.717, 1.165) is 6.66 Å². The number of rotatable bonds is 61. The smallest absolute Gasteiger partial charge is 0.268 e. The maximum atomic E-state index is 12.0. The molecule has 0 spiro atoms. The molecule has 0 aromatic rings. The van der Waals surface area contributed by atoms with Crippen molar-refractivity contribution in [3.63, 3.8) is 0 Å². The third-order valence-electron chi connectivity index (χ3n) is 8.15. The highest BCUT2D eigenvalue weighted by molar-refractivity contribution is 7.50. The molecule has 13 unspecified atom stereocenters. The summed E-state index contributed by atoms with van der Waals surface area (Å²) in [5.74, 6) is 0. The average Bonchev–Trinajstić information content (AvgIpc) is 0.909. The first-order valence-electron chi connectivity index (χ1n) is 27.5. The van der Waals surface area contributed by atoms with Crippen LogP contribution >= 0.6 is 85.8 Å². The monoisotopic (exact) mass is 1700 g/mol. The van der Waals surface area contributed by atoms with E-state index in [-0.39, 0.29) is 52.7 Å². The molecule has 0 bridgehead atoms. The van der Waals surface area contributed by atoms with E-state index in [0.29, 0.717) is 13.5 Å². The molecule has 13 atom stereocenters. The number of phosphoric ester groups is 10. The molecular weight excluding hydrogens is 1610 g/mol. The van der Waals surface area contributed by atoms with Crippen LogP contribution in [-0.4, -0.2) is 235 Å². The molecule has 0 aliphatic heterocycles. The SMILES string of the molecule is CCOP(=O)([O-])OC(CCOCNC)COP(=O)([O-])OCCOP(=O)([O-])OCCOP(=O)([O-])OCCOP(=O)([O-])OCCOP(=O)([O-])OC(CO)CCOCNC.CCOP(=O)([O-])OCCOP(=O)([O-])O.CNCOC.CNCOC.CP(=O)([O-])OCCOP(=O)([O-])OCCOP(=O)([O-])O. The van der Waals surface area contributed by atoms with E-state index in [1.807, 2.05) is 14.1 Å². The molecule has 0 radical (unpaired) electrons. The van der Waals surface area contributed by atoms with E-state index >= 15 is 0 Å². The Kier molecular flexibility index (Phi) is 67.5. The molecule has 0 fully saturated rings. The van der Waals surface area contributed by atoms with Gasteiger partial charge in [0.1, 0.15) is 7.60 Å². The summed E-state index contributed by atoms with van der Waals surface area (Å²) in [6.07, 6.45) is -2.73. The Morgan fingerprint density at radius 3 is 0.800 bits per heavy atom. The normalized spacial score (nSPS) is 18.9. The molecule has 0 aliphatic rings. The standard InChI is InChI=1S/C22H54N2O27P6.C5H15O11P3.C4H12O8P2.2C3H9NO/c1-4-40-56(34,35)51-22(6-8-39-20-24-3)18-49-55(32,33)47-14-13-45-53(28,29)43-10-9-41-52(26,27)42-11-12-44-54(30,31)46-15-16-48-57(36,37)50-21(17-25)5-7-38-19-23-2;1-17(6,7)13-2-4-15-19(11,12)16-5-3-14-18(8,9)10;1-2-10-14(8,9)12-4-3-11-13(5,6)7;2*1-4-3-5-2/h21-25H,4-20H2,1-3H3,(H,26,27)(H,28,29)(H,30,31)(H,32,33)(H,34,35)(H,36,37);2-5H2,1H3,(H,6,7)(H,11,12)(H2,8,9,10);2-4H2,1H3,(H,8,9)(H2,5,6,7);2*4H,3H2,1-2H3/p-11. The van der Waals surface area contributed by atoms with Crippen molar-refractivity contribution in [3.05, 3.63) is 0 Å². The summed E-state index contributed by atoms with van der Waals surface area (Å²) < 4.78 is 225. The summed E-state index contributed by atoms with van der Waals surface area (Å²) in [7, 11) is -43.1. The summed E-state index contributed by atoms with van der Waals surface area (Å²) in [5, 5.41) is 20.2. The van der Waals surface area contributed by atoms with Crippen molar-refractivity contribution in [2.24, 2.45) is 0 Å². The first kappa shape index (κ1) is 109. The van der Waals surface area contributed by atoms with Gasteiger partial charge in [0.2, 0.25) is 0 Å². The molecular formula is C37H88N4O48P11-11. The van der Waals surface area contributed by atoms with E-state index in [4.69, 9.17) is 23.8 Å². The highest BCUT2D eigenvalue weighted by Gasteiger charge is 2.23. The molecule has 0 amide bonds. The average molecular weight is 1700 g/mol. The van der Waals surface area contributed by atoms with Crippen LogP contribution in [-0.2, 0) is 155 Å². The molecule has 0 saturated carbocycles. The Balaban J connectivity index is -0.000000557. The zero-order valence-corrected chi connectivity index (χ0v) is 65.0. The van der Waals surface area contributed by atoms with Crippen LogP contribution in [0.2, 0.25) is 0 Å². The highest BCUT2D eigenvalue weighted by atomic mass is 31.2. The summed E-state index contributed by atoms with van der Waals surface area (Å²) in [6, 6.07) is 0. The van der Waals surface area contributed by atoms with Crippen LogP contribution in [0, 0.1) is 0 Å². The van der Waals surface area contributed by atoms with Gasteiger partial charge in [-0.15, -0.1) is 0 Å². The van der Waals surface area contributed by atoms with Crippen molar-refractivity contribution in [3.8, 4) is 0 Å². The first-order valence-corrected chi connectivity index (χ1v) is 44.2. The molecule has 52 nitrogen and oxygen atoms in total. The molecule has 100 heavy (non-hydrogen) atoms. The topological polar surface area (TPSA) is 763 Å². The number of hydrogen-bond acceptors (Lipinski definition) is 50. The van der Waals surface area contributed by atoms with Crippen molar-refractivity contribution >= 4 is 85.8 Å². The van der Waals surface area contributed by atoms with Crippen LogP contribution in [0.1, 0.15) is 26.7 Å². The second kappa shape index (κ2) is 61.6. The maximum absolute atomic E-state index is 12.0. The zero-order chi connectivity index (χ0) is 78.1. The first-order chi connectivity index (χ1) is 46.0. The van der Waals surface area contributed by atoms with Gasteiger partial charge in [-0.1, -0.05) is 0 Å². The van der Waals surface area contributed by atoms with Crippen LogP contribution in [0.5, 0.6) is 0 Å². The number of hydrogen-bond donors (Lipinski definition) is 7. The van der Waals surface area contributed by atoms with E-state index in [9.17, 15) is 109 Å². The molecule has 0 aromatic heterocycles. The largest absolute Gasteiger partial charge is 0.779 e. The van der Waals surface area contributed by atoms with Crippen molar-refractivity contribution in [2.45, 2.75) is 38.9 Å². The molecule has 0 aliphatic carbocycles. The Hall–Kier alpha value is 0.890. The van der Waals surface area contributed by atoms with E-state index in [1.54, 1.807) is 28.3 Å². The van der Waals surface area contributed by atoms with Gasteiger partial charge in [0.15, 0.2) is 0 Å². The van der Waals surface area contributed by atoms with Crippen LogP contribution in [0.3, 0.4) is 0 Å². The van der Waals surface area contributed by atoms with Gasteiger partial charge in [-0.3, -0.25) is 66.9 Å². The molecule has 7 N–H and O–H groups in total. The number of ether oxygens (including phenoxy) is 4. The minimum Gasteiger partial charge on any atom is -0.779 e. The van der Waals surface area contributed by atoms with Gasteiger partial charge in [0.05, 0.1) is 171 Å². The molecule has 610 valence electrons. The Morgan fingerprint density at radius 2 is 0.550 bits per heavy atom. The lowest BCUT2D eigenvalue weighted by atomic mass is 10.3. The second-order valence-corrected chi connectivity index (χ2v) is 32.1. The minimum atomic E-state index is -5.18. The van der Waals surface area contributed by atoms with Crippen molar-refractivity contribution in [1.82, 2.24) is 21.3 Å². The summed E-state index contributed by atoms with van der Waals surface area (Å²) in [5.41, 5.74) is 0. The lowest BCUT2D eigenvalue weighted by molar-refractivity contribution is -0.240. The fourth-order valence-corrected chi connectivity index (χ4v) is 11.6. The zero-order valence-electron chi connectivity index (χ0n) is 55.2. The van der Waals surface area contributed by atoms with Crippen LogP contribution in [0.4, 0.5) is 0 Å². The van der Waals surface area contributed by atoms with E-state index in [2.05, 4.69) is 112 Å². The third-order valence-corrected chi connectivity index (χ3v) is 18.0. The molecule has 0 aromatic carbocycles. The Bertz CT molecular complexity index is 2530. The number of phosphoric acid groups is 10. The van der Waals surface area contributed by atoms with Crippen LogP contribution in [0.15, 0.2) is 0 Å². The number of methoxy groups -OCH3 is 2. The number of aliphatic hydroxyl groups excluding tert-OH is 1. The third kappa shape index (κ3) is 84.5. The Labute approximate surface area is 576 Å².